The fraction of sp³-hybridized carbons (Fsp3) is 0.609. The summed E-state index contributed by atoms with van der Waals surface area (Å²) in [5, 5.41) is 0. The molecule has 1 aromatic rings. The average Bonchev–Trinajstić information content (AvgIpc) is 3.08. The van der Waals surface area contributed by atoms with Crippen molar-refractivity contribution >= 4 is 14.4 Å². The van der Waals surface area contributed by atoms with Gasteiger partial charge in [0, 0.05) is 0 Å². The van der Waals surface area contributed by atoms with Crippen LogP contribution < -0.4 is 0 Å². The molecule has 28 heavy (non-hydrogen) atoms. The van der Waals surface area contributed by atoms with Gasteiger partial charge in [-0.25, -0.2) is 9.69 Å². The van der Waals surface area contributed by atoms with Gasteiger partial charge in [-0.2, -0.15) is 0 Å². The number of hydrogen-bond donors (Lipinski definition) is 0. The van der Waals surface area contributed by atoms with E-state index in [-0.39, 0.29) is 12.1 Å². The van der Waals surface area contributed by atoms with E-state index >= 15 is 0 Å². The molecule has 0 bridgehead atoms. The molecule has 0 spiro atoms. The molecule has 0 N–H and O–H groups in total. The van der Waals surface area contributed by atoms with Crippen molar-refractivity contribution < 1.29 is 14.0 Å². The smallest absolute Gasteiger partial charge is 0.417 e. The third-order valence-corrected chi connectivity index (χ3v) is 10.5. The van der Waals surface area contributed by atoms with E-state index in [2.05, 4.69) is 46.8 Å². The first-order valence-electron chi connectivity index (χ1n) is 10.9. The molecule has 1 saturated heterocycles. The zero-order valence-electron chi connectivity index (χ0n) is 18.3. The number of allylic oxidation sites excluding steroid dienone is 1. The molecule has 0 radical (unpaired) electrons. The van der Waals surface area contributed by atoms with Crippen LogP contribution >= 0.6 is 0 Å². The summed E-state index contributed by atoms with van der Waals surface area (Å²) in [5.74, 6) is 0.786. The van der Waals surface area contributed by atoms with Crippen LogP contribution in [-0.4, -0.2) is 32.0 Å². The second-order valence-electron chi connectivity index (χ2n) is 7.83. The van der Waals surface area contributed by atoms with E-state index < -0.39 is 8.32 Å². The maximum Gasteiger partial charge on any atom is 0.417 e. The molecule has 1 atom stereocenters. The maximum atomic E-state index is 12.8. The predicted octanol–water partition coefficient (Wildman–Crippen LogP) is 6.49. The van der Waals surface area contributed by atoms with Crippen molar-refractivity contribution in [2.24, 2.45) is 0 Å². The monoisotopic (exact) mass is 403 g/mol. The summed E-state index contributed by atoms with van der Waals surface area (Å²) in [5.41, 5.74) is 2.39. The van der Waals surface area contributed by atoms with Crippen molar-refractivity contribution in [3.63, 3.8) is 0 Å². The maximum absolute atomic E-state index is 12.8. The van der Waals surface area contributed by atoms with Crippen LogP contribution in [0.25, 0.3) is 0 Å². The van der Waals surface area contributed by atoms with Crippen molar-refractivity contribution in [2.45, 2.75) is 84.5 Å². The Kier molecular flexibility index (Phi) is 8.61. The number of ether oxygens (including phenoxy) is 1. The van der Waals surface area contributed by atoms with Crippen molar-refractivity contribution in [1.29, 1.82) is 0 Å². The second kappa shape index (κ2) is 10.7. The van der Waals surface area contributed by atoms with Gasteiger partial charge in [-0.1, -0.05) is 64.4 Å². The number of carbonyl (C=O) groups excluding carboxylic acids is 1. The van der Waals surface area contributed by atoms with Crippen LogP contribution in [0.2, 0.25) is 18.1 Å². The van der Waals surface area contributed by atoms with E-state index in [1.807, 2.05) is 23.1 Å². The largest absolute Gasteiger partial charge is 0.532 e. The quantitative estimate of drug-likeness (QED) is 0.313. The first kappa shape index (κ1) is 22.5. The number of rotatable bonds is 11. The molecule has 0 unspecified atom stereocenters. The summed E-state index contributed by atoms with van der Waals surface area (Å²) in [7, 11) is -1.91. The topological polar surface area (TPSA) is 38.8 Å². The van der Waals surface area contributed by atoms with E-state index in [4.69, 9.17) is 9.16 Å². The SMILES string of the molecule is CCCC/C(C)=C(/O[Si](CC)(CC)CC)N1C(=O)OC[C@@H]1Cc1ccccc1. The standard InChI is InChI=1S/C23H37NO3Si/c1-6-10-14-19(5)22(27-28(7-2,8-3)9-4)24-21(18-26-23(24)25)17-20-15-12-11-13-16-20/h11-13,15-16,21H,6-10,14,17-18H2,1-5H3/b22-19+/t21-/m0/s1. The van der Waals surface area contributed by atoms with Crippen molar-refractivity contribution in [3.05, 3.63) is 47.4 Å². The van der Waals surface area contributed by atoms with Crippen molar-refractivity contribution in [2.75, 3.05) is 6.61 Å². The molecular formula is C23H37NO3Si. The van der Waals surface area contributed by atoms with Gasteiger partial charge in [0.25, 0.3) is 8.32 Å². The van der Waals surface area contributed by atoms with E-state index in [0.29, 0.717) is 6.61 Å². The van der Waals surface area contributed by atoms with Crippen molar-refractivity contribution in [3.8, 4) is 0 Å². The highest BCUT2D eigenvalue weighted by Crippen LogP contribution is 2.32. The molecular weight excluding hydrogens is 366 g/mol. The van der Waals surface area contributed by atoms with Crippen LogP contribution in [0, 0.1) is 0 Å². The Balaban J connectivity index is 2.37. The van der Waals surface area contributed by atoms with Gasteiger partial charge in [0.1, 0.15) is 6.61 Å². The summed E-state index contributed by atoms with van der Waals surface area (Å²) in [6, 6.07) is 13.5. The fourth-order valence-corrected chi connectivity index (χ4v) is 6.42. The number of cyclic esters (lactones) is 1. The number of benzene rings is 1. The molecule has 1 heterocycles. The minimum absolute atomic E-state index is 0.0151. The van der Waals surface area contributed by atoms with E-state index in [0.717, 1.165) is 49.7 Å². The van der Waals surface area contributed by atoms with Gasteiger partial charge >= 0.3 is 6.09 Å². The molecule has 156 valence electrons. The summed E-state index contributed by atoms with van der Waals surface area (Å²) in [6.45, 7) is 11.4. The number of nitrogens with zero attached hydrogens (tertiary/aromatic N) is 1. The van der Waals surface area contributed by atoms with E-state index in [1.54, 1.807) is 0 Å². The molecule has 0 aromatic heterocycles. The van der Waals surface area contributed by atoms with Crippen LogP contribution in [0.15, 0.2) is 41.8 Å². The lowest BCUT2D eigenvalue weighted by atomic mass is 10.1. The third kappa shape index (κ3) is 5.40. The molecule has 1 aromatic carbocycles. The Bertz CT molecular complexity index is 647. The molecule has 4 nitrogen and oxygen atoms in total. The predicted molar refractivity (Wildman–Crippen MR) is 118 cm³/mol. The zero-order chi connectivity index (χ0) is 20.6. The van der Waals surface area contributed by atoms with Crippen LogP contribution in [0.5, 0.6) is 0 Å². The van der Waals surface area contributed by atoms with E-state index in [1.165, 1.54) is 11.1 Å². The first-order valence-corrected chi connectivity index (χ1v) is 13.4. The van der Waals surface area contributed by atoms with Gasteiger partial charge in [0.05, 0.1) is 6.04 Å². The molecule has 1 aliphatic rings. The van der Waals surface area contributed by atoms with Crippen LogP contribution in [0.1, 0.15) is 59.4 Å². The highest BCUT2D eigenvalue weighted by molar-refractivity contribution is 6.73. The lowest BCUT2D eigenvalue weighted by molar-refractivity contribution is 0.149. The van der Waals surface area contributed by atoms with E-state index in [9.17, 15) is 4.79 Å². The summed E-state index contributed by atoms with van der Waals surface area (Å²) >= 11 is 0. The summed E-state index contributed by atoms with van der Waals surface area (Å²) in [6.07, 6.45) is 3.69. The Morgan fingerprint density at radius 1 is 1.14 bits per heavy atom. The number of unbranched alkanes of at least 4 members (excludes halogenated alkanes) is 1. The molecule has 1 fully saturated rings. The number of carbonyl (C=O) groups is 1. The van der Waals surface area contributed by atoms with Gasteiger partial charge in [-0.15, -0.1) is 0 Å². The Labute approximate surface area is 172 Å². The Morgan fingerprint density at radius 2 is 1.79 bits per heavy atom. The lowest BCUT2D eigenvalue weighted by Crippen LogP contribution is -2.43. The Morgan fingerprint density at radius 3 is 2.36 bits per heavy atom. The van der Waals surface area contributed by atoms with Crippen molar-refractivity contribution in [1.82, 2.24) is 4.90 Å². The Hall–Kier alpha value is -1.75. The minimum atomic E-state index is -1.91. The third-order valence-electron chi connectivity index (χ3n) is 6.01. The summed E-state index contributed by atoms with van der Waals surface area (Å²) < 4.78 is 12.3. The van der Waals surface area contributed by atoms with Gasteiger partial charge in [-0.3, -0.25) is 0 Å². The normalized spacial score (nSPS) is 18.1. The number of hydrogen-bond acceptors (Lipinski definition) is 3. The zero-order valence-corrected chi connectivity index (χ0v) is 19.3. The molecule has 0 aliphatic carbocycles. The lowest BCUT2D eigenvalue weighted by Gasteiger charge is -2.35. The van der Waals surface area contributed by atoms with Crippen LogP contribution in [0.4, 0.5) is 4.79 Å². The van der Waals surface area contributed by atoms with Gasteiger partial charge in [-0.05, 0) is 55.5 Å². The number of amides is 1. The molecule has 0 saturated carbocycles. The molecule has 1 amide bonds. The highest BCUT2D eigenvalue weighted by Gasteiger charge is 2.41. The van der Waals surface area contributed by atoms with Gasteiger partial charge in [0.15, 0.2) is 5.88 Å². The fourth-order valence-electron chi connectivity index (χ4n) is 3.81. The minimum Gasteiger partial charge on any atom is -0.532 e. The van der Waals surface area contributed by atoms with Gasteiger partial charge in [0.2, 0.25) is 0 Å². The molecule has 1 aliphatic heterocycles. The van der Waals surface area contributed by atoms with Crippen LogP contribution in [-0.2, 0) is 15.6 Å². The van der Waals surface area contributed by atoms with Gasteiger partial charge < -0.3 is 9.16 Å². The highest BCUT2D eigenvalue weighted by atomic mass is 28.4. The second-order valence-corrected chi connectivity index (χ2v) is 12.5. The summed E-state index contributed by atoms with van der Waals surface area (Å²) in [4.78, 5) is 14.6. The first-order chi connectivity index (χ1) is 13.5. The average molecular weight is 404 g/mol. The molecule has 5 heteroatoms. The van der Waals surface area contributed by atoms with Crippen LogP contribution in [0.3, 0.4) is 0 Å². The molecule has 2 rings (SSSR count).